The number of benzene rings is 2. The molecule has 2 heterocycles. The van der Waals surface area contributed by atoms with Crippen molar-refractivity contribution >= 4 is 17.5 Å². The van der Waals surface area contributed by atoms with E-state index in [1.165, 1.54) is 0 Å². The molecule has 0 aromatic heterocycles. The molecule has 182 valence electrons. The van der Waals surface area contributed by atoms with Gasteiger partial charge < -0.3 is 28.9 Å². The van der Waals surface area contributed by atoms with E-state index in [1.807, 2.05) is 23.1 Å². The Morgan fingerprint density at radius 1 is 0.706 bits per heavy atom. The van der Waals surface area contributed by atoms with Crippen molar-refractivity contribution < 1.29 is 23.8 Å². The van der Waals surface area contributed by atoms with Crippen LogP contribution in [-0.2, 0) is 4.79 Å². The molecule has 8 heteroatoms. The average molecular weight is 468 g/mol. The predicted octanol–water partition coefficient (Wildman–Crippen LogP) is 2.91. The highest BCUT2D eigenvalue weighted by Gasteiger charge is 2.33. The van der Waals surface area contributed by atoms with Crippen molar-refractivity contribution in [2.24, 2.45) is 5.92 Å². The summed E-state index contributed by atoms with van der Waals surface area (Å²) in [4.78, 5) is 32.5. The van der Waals surface area contributed by atoms with Gasteiger partial charge in [0.05, 0.1) is 27.0 Å². The number of para-hydroxylation sites is 2. The third-order valence-electron chi connectivity index (χ3n) is 6.79. The highest BCUT2D eigenvalue weighted by Crippen LogP contribution is 2.32. The standard InChI is InChI=1S/C26H33N3O5/c1-32-21-8-5-4-7-20(21)27-15-17-29(18-16-27)25(30)19-11-13-28(14-12-19)26(31)24-22(33-2)9-6-10-23(24)34-3/h4-10,19H,11-18H2,1-3H3. The first-order valence-corrected chi connectivity index (χ1v) is 11.7. The van der Waals surface area contributed by atoms with E-state index < -0.39 is 0 Å². The fourth-order valence-corrected chi connectivity index (χ4v) is 4.87. The van der Waals surface area contributed by atoms with Crippen molar-refractivity contribution in [3.63, 3.8) is 0 Å². The summed E-state index contributed by atoms with van der Waals surface area (Å²) >= 11 is 0. The molecular weight excluding hydrogens is 434 g/mol. The van der Waals surface area contributed by atoms with Crippen LogP contribution < -0.4 is 19.1 Å². The van der Waals surface area contributed by atoms with E-state index in [2.05, 4.69) is 11.0 Å². The molecule has 0 aliphatic carbocycles. The van der Waals surface area contributed by atoms with Gasteiger partial charge in [0.2, 0.25) is 5.91 Å². The van der Waals surface area contributed by atoms with Crippen molar-refractivity contribution in [3.8, 4) is 17.2 Å². The Balaban J connectivity index is 1.33. The fraction of sp³-hybridized carbons (Fsp3) is 0.462. The van der Waals surface area contributed by atoms with Gasteiger partial charge in [0, 0.05) is 45.2 Å². The van der Waals surface area contributed by atoms with E-state index in [4.69, 9.17) is 14.2 Å². The topological polar surface area (TPSA) is 71.6 Å². The third-order valence-corrected chi connectivity index (χ3v) is 6.79. The summed E-state index contributed by atoms with van der Waals surface area (Å²) in [7, 11) is 4.77. The van der Waals surface area contributed by atoms with E-state index in [-0.39, 0.29) is 17.7 Å². The average Bonchev–Trinajstić information content (AvgIpc) is 2.91. The summed E-state index contributed by atoms with van der Waals surface area (Å²) in [6.45, 7) is 4.01. The minimum Gasteiger partial charge on any atom is -0.496 e. The molecule has 2 amide bonds. The van der Waals surface area contributed by atoms with Gasteiger partial charge in [-0.25, -0.2) is 0 Å². The van der Waals surface area contributed by atoms with E-state index in [0.29, 0.717) is 56.1 Å². The Labute approximate surface area is 201 Å². The van der Waals surface area contributed by atoms with Crippen LogP contribution in [0.3, 0.4) is 0 Å². The zero-order valence-electron chi connectivity index (χ0n) is 20.2. The lowest BCUT2D eigenvalue weighted by atomic mass is 9.94. The van der Waals surface area contributed by atoms with Crippen molar-refractivity contribution in [1.82, 2.24) is 9.80 Å². The Kier molecular flexibility index (Phi) is 7.45. The van der Waals surface area contributed by atoms with Crippen LogP contribution >= 0.6 is 0 Å². The number of piperazine rings is 1. The third kappa shape index (κ3) is 4.76. The molecule has 0 atom stereocenters. The summed E-state index contributed by atoms with van der Waals surface area (Å²) in [6, 6.07) is 13.3. The summed E-state index contributed by atoms with van der Waals surface area (Å²) < 4.78 is 16.3. The van der Waals surface area contributed by atoms with Gasteiger partial charge >= 0.3 is 0 Å². The maximum atomic E-state index is 13.2. The molecule has 2 aliphatic heterocycles. The SMILES string of the molecule is COc1ccccc1N1CCN(C(=O)C2CCN(C(=O)c3c(OC)cccc3OC)CC2)CC1. The monoisotopic (exact) mass is 467 g/mol. The molecule has 2 aliphatic rings. The van der Waals surface area contributed by atoms with E-state index in [1.54, 1.807) is 44.4 Å². The van der Waals surface area contributed by atoms with Gasteiger partial charge in [-0.3, -0.25) is 9.59 Å². The number of anilines is 1. The zero-order chi connectivity index (χ0) is 24.1. The summed E-state index contributed by atoms with van der Waals surface area (Å²) in [5, 5.41) is 0. The molecule has 8 nitrogen and oxygen atoms in total. The van der Waals surface area contributed by atoms with Crippen molar-refractivity contribution in [2.75, 3.05) is 65.5 Å². The molecule has 0 spiro atoms. The maximum Gasteiger partial charge on any atom is 0.261 e. The molecule has 0 unspecified atom stereocenters. The normalized spacial score (nSPS) is 16.9. The molecule has 34 heavy (non-hydrogen) atoms. The van der Waals surface area contributed by atoms with Crippen LogP contribution in [0.4, 0.5) is 5.69 Å². The largest absolute Gasteiger partial charge is 0.496 e. The van der Waals surface area contributed by atoms with Gasteiger partial charge in [-0.1, -0.05) is 18.2 Å². The van der Waals surface area contributed by atoms with Crippen LogP contribution in [0.25, 0.3) is 0 Å². The van der Waals surface area contributed by atoms with Gasteiger partial charge in [-0.15, -0.1) is 0 Å². The van der Waals surface area contributed by atoms with Gasteiger partial charge in [0.15, 0.2) is 0 Å². The number of piperidine rings is 1. The summed E-state index contributed by atoms with van der Waals surface area (Å²) in [5.74, 6) is 1.87. The molecule has 0 bridgehead atoms. The quantitative estimate of drug-likeness (QED) is 0.651. The van der Waals surface area contributed by atoms with Gasteiger partial charge in [0.1, 0.15) is 22.8 Å². The number of methoxy groups -OCH3 is 3. The summed E-state index contributed by atoms with van der Waals surface area (Å²) in [5.41, 5.74) is 1.50. The number of hydrogen-bond donors (Lipinski definition) is 0. The lowest BCUT2D eigenvalue weighted by Crippen LogP contribution is -2.52. The van der Waals surface area contributed by atoms with Gasteiger partial charge in [0.25, 0.3) is 5.91 Å². The van der Waals surface area contributed by atoms with E-state index in [0.717, 1.165) is 24.5 Å². The molecule has 0 saturated carbocycles. The Bertz CT molecular complexity index is 989. The minimum atomic E-state index is -0.120. The number of likely N-dealkylation sites (tertiary alicyclic amines) is 1. The molecule has 2 saturated heterocycles. The lowest BCUT2D eigenvalue weighted by molar-refractivity contribution is -0.137. The lowest BCUT2D eigenvalue weighted by Gasteiger charge is -2.39. The van der Waals surface area contributed by atoms with E-state index in [9.17, 15) is 9.59 Å². The van der Waals surface area contributed by atoms with Crippen LogP contribution in [0.5, 0.6) is 17.2 Å². The van der Waals surface area contributed by atoms with Gasteiger partial charge in [-0.2, -0.15) is 0 Å². The van der Waals surface area contributed by atoms with Crippen molar-refractivity contribution in [3.05, 3.63) is 48.0 Å². The molecule has 2 aromatic carbocycles. The minimum absolute atomic E-state index is 0.0542. The van der Waals surface area contributed by atoms with Crippen LogP contribution in [0, 0.1) is 5.92 Å². The molecule has 2 aromatic rings. The van der Waals surface area contributed by atoms with Crippen molar-refractivity contribution in [2.45, 2.75) is 12.8 Å². The first-order chi connectivity index (χ1) is 16.6. The smallest absolute Gasteiger partial charge is 0.261 e. The molecule has 0 radical (unpaired) electrons. The maximum absolute atomic E-state index is 13.2. The van der Waals surface area contributed by atoms with Gasteiger partial charge in [-0.05, 0) is 37.1 Å². The number of hydrogen-bond acceptors (Lipinski definition) is 6. The highest BCUT2D eigenvalue weighted by molar-refractivity contribution is 6.00. The predicted molar refractivity (Wildman–Crippen MR) is 130 cm³/mol. The number of carbonyl (C=O) groups excluding carboxylic acids is 2. The summed E-state index contributed by atoms with van der Waals surface area (Å²) in [6.07, 6.45) is 1.32. The number of ether oxygens (including phenoxy) is 3. The first kappa shape index (κ1) is 23.7. The van der Waals surface area contributed by atoms with E-state index >= 15 is 0 Å². The number of rotatable bonds is 6. The first-order valence-electron chi connectivity index (χ1n) is 11.7. The molecular formula is C26H33N3O5. The zero-order valence-corrected chi connectivity index (χ0v) is 20.2. The highest BCUT2D eigenvalue weighted by atomic mass is 16.5. The number of carbonyl (C=O) groups is 2. The second-order valence-electron chi connectivity index (χ2n) is 8.59. The molecule has 4 rings (SSSR count). The molecule has 2 fully saturated rings. The fourth-order valence-electron chi connectivity index (χ4n) is 4.87. The Morgan fingerprint density at radius 3 is 1.85 bits per heavy atom. The number of amides is 2. The van der Waals surface area contributed by atoms with Crippen LogP contribution in [0.2, 0.25) is 0 Å². The van der Waals surface area contributed by atoms with Crippen LogP contribution in [-0.4, -0.2) is 82.2 Å². The molecule has 0 N–H and O–H groups in total. The second kappa shape index (κ2) is 10.7. The van der Waals surface area contributed by atoms with Crippen molar-refractivity contribution in [1.29, 1.82) is 0 Å². The Hall–Kier alpha value is -3.42. The second-order valence-corrected chi connectivity index (χ2v) is 8.59. The number of nitrogens with zero attached hydrogens (tertiary/aromatic N) is 3. The van der Waals surface area contributed by atoms with Crippen LogP contribution in [0.1, 0.15) is 23.2 Å². The Morgan fingerprint density at radius 2 is 1.26 bits per heavy atom. The van der Waals surface area contributed by atoms with Crippen LogP contribution in [0.15, 0.2) is 42.5 Å².